The smallest absolute Gasteiger partial charge is 0.255 e. The van der Waals surface area contributed by atoms with Crippen LogP contribution in [0, 0.1) is 37.9 Å². The highest BCUT2D eigenvalue weighted by Crippen LogP contribution is 2.48. The monoisotopic (exact) mass is 660 g/mol. The Balaban J connectivity index is 1.10. The number of amides is 3. The van der Waals surface area contributed by atoms with Crippen LogP contribution in [-0.4, -0.2) is 46.9 Å². The molecule has 0 bridgehead atoms. The number of aromatic nitrogens is 1. The van der Waals surface area contributed by atoms with E-state index < -0.39 is 17.8 Å². The first kappa shape index (κ1) is 32.1. The van der Waals surface area contributed by atoms with Crippen molar-refractivity contribution in [1.82, 2.24) is 15.4 Å². The molecular formula is C38H37FN6O4. The average Bonchev–Trinajstić information content (AvgIpc) is 3.74. The molecule has 250 valence electrons. The van der Waals surface area contributed by atoms with Crippen LogP contribution in [0.25, 0.3) is 11.1 Å². The van der Waals surface area contributed by atoms with Gasteiger partial charge in [0, 0.05) is 48.6 Å². The molecule has 1 aromatic heterocycles. The maximum absolute atomic E-state index is 15.3. The minimum atomic E-state index is -0.758. The first-order valence-corrected chi connectivity index (χ1v) is 16.6. The summed E-state index contributed by atoms with van der Waals surface area (Å²) in [5.74, 6) is -0.931. The highest BCUT2D eigenvalue weighted by Gasteiger charge is 2.45. The summed E-state index contributed by atoms with van der Waals surface area (Å²) < 4.78 is 20.7. The molecule has 1 aliphatic carbocycles. The largest absolute Gasteiger partial charge is 0.383 e. The zero-order valence-corrected chi connectivity index (χ0v) is 27.7. The minimum absolute atomic E-state index is 0.118. The summed E-state index contributed by atoms with van der Waals surface area (Å²) in [5.41, 5.74) is 7.56. The molecule has 1 atom stereocenters. The maximum Gasteiger partial charge on any atom is 0.255 e. The second-order valence-corrected chi connectivity index (χ2v) is 13.3. The molecule has 0 spiro atoms. The highest BCUT2D eigenvalue weighted by atomic mass is 19.1. The lowest BCUT2D eigenvalue weighted by Crippen LogP contribution is -2.52. The number of carbonyl (C=O) groups excluding carboxylic acids is 3. The fourth-order valence-corrected chi connectivity index (χ4v) is 7.07. The number of benzene rings is 3. The van der Waals surface area contributed by atoms with Gasteiger partial charge in [-0.2, -0.15) is 5.26 Å². The van der Waals surface area contributed by atoms with Crippen LogP contribution in [0.2, 0.25) is 0 Å². The third-order valence-corrected chi connectivity index (χ3v) is 10.0. The predicted octanol–water partition coefficient (Wildman–Crippen LogP) is 6.36. The molecular weight excluding hydrogens is 623 g/mol. The van der Waals surface area contributed by atoms with E-state index in [4.69, 9.17) is 4.52 Å². The molecule has 3 aromatic carbocycles. The van der Waals surface area contributed by atoms with Gasteiger partial charge in [0.25, 0.3) is 5.91 Å². The van der Waals surface area contributed by atoms with Crippen molar-refractivity contribution in [3.63, 3.8) is 0 Å². The molecule has 10 nitrogen and oxygen atoms in total. The molecule has 1 saturated carbocycles. The number of nitriles is 1. The van der Waals surface area contributed by atoms with Gasteiger partial charge in [-0.25, -0.2) is 4.39 Å². The van der Waals surface area contributed by atoms with Crippen molar-refractivity contribution >= 4 is 34.8 Å². The number of nitrogens with one attached hydrogen (secondary N) is 2. The van der Waals surface area contributed by atoms with Gasteiger partial charge in [0.1, 0.15) is 17.6 Å². The van der Waals surface area contributed by atoms with Crippen LogP contribution >= 0.6 is 0 Å². The summed E-state index contributed by atoms with van der Waals surface area (Å²) in [6.45, 7) is 7.03. The van der Waals surface area contributed by atoms with Crippen molar-refractivity contribution in [2.45, 2.75) is 70.9 Å². The number of carbonyl (C=O) groups is 3. The van der Waals surface area contributed by atoms with Crippen LogP contribution in [0.3, 0.4) is 0 Å². The molecule has 1 unspecified atom stereocenters. The third kappa shape index (κ3) is 5.92. The second-order valence-electron chi connectivity index (χ2n) is 13.3. The second kappa shape index (κ2) is 12.5. The molecule has 3 amide bonds. The van der Waals surface area contributed by atoms with Gasteiger partial charge >= 0.3 is 0 Å². The highest BCUT2D eigenvalue weighted by molar-refractivity contribution is 6.05. The van der Waals surface area contributed by atoms with Crippen LogP contribution in [0.15, 0.2) is 59.1 Å². The van der Waals surface area contributed by atoms with Crippen LogP contribution in [0.4, 0.5) is 21.5 Å². The first-order chi connectivity index (χ1) is 23.6. The number of aryl methyl sites for hydroxylation is 3. The Morgan fingerprint density at radius 3 is 2.55 bits per heavy atom. The molecule has 2 aliphatic heterocycles. The normalized spacial score (nSPS) is 17.8. The molecule has 2 fully saturated rings. The Bertz CT molecular complexity index is 2010. The van der Waals surface area contributed by atoms with Gasteiger partial charge in [-0.3, -0.25) is 19.7 Å². The Kier molecular flexibility index (Phi) is 8.19. The maximum atomic E-state index is 15.3. The lowest BCUT2D eigenvalue weighted by Gasteiger charge is -2.29. The summed E-state index contributed by atoms with van der Waals surface area (Å²) in [6, 6.07) is 19.1. The predicted molar refractivity (Wildman–Crippen MR) is 182 cm³/mol. The Labute approximate surface area is 283 Å². The molecule has 7 rings (SSSR count). The lowest BCUT2D eigenvalue weighted by atomic mass is 9.97. The molecule has 4 aromatic rings. The van der Waals surface area contributed by atoms with E-state index in [0.717, 1.165) is 57.9 Å². The van der Waals surface area contributed by atoms with Crippen LogP contribution in [0.1, 0.15) is 70.6 Å². The van der Waals surface area contributed by atoms with Crippen molar-refractivity contribution in [3.05, 3.63) is 94.1 Å². The number of rotatable bonds is 10. The molecule has 3 aliphatic rings. The number of halogens is 1. The third-order valence-electron chi connectivity index (χ3n) is 10.0. The standard InChI is InChI=1S/C38H37FN6O4/c1-22-5-6-25(35-23(2)43-49-24(35)3)18-33(22)44(28-9-7-27(8-10-28)38(21-40)13-14-38)16-4-15-41-31-19-29-26(17-30(31)39)20-45(37(29)48)32-11-12-34(46)42-36(32)47/h5-10,17-19,32,41H,4,11-16,20H2,1-3H3,(H,42,46,47). The van der Waals surface area contributed by atoms with Gasteiger partial charge < -0.3 is 19.6 Å². The van der Waals surface area contributed by atoms with Crippen molar-refractivity contribution in [1.29, 1.82) is 5.26 Å². The van der Waals surface area contributed by atoms with Gasteiger partial charge in [0.15, 0.2) is 0 Å². The van der Waals surface area contributed by atoms with E-state index in [0.29, 0.717) is 30.6 Å². The summed E-state index contributed by atoms with van der Waals surface area (Å²) in [6.07, 6.45) is 2.78. The minimum Gasteiger partial charge on any atom is -0.383 e. The number of hydrogen-bond donors (Lipinski definition) is 2. The number of nitrogens with zero attached hydrogens (tertiary/aromatic N) is 4. The zero-order valence-electron chi connectivity index (χ0n) is 27.7. The van der Waals surface area contributed by atoms with Gasteiger partial charge in [-0.15, -0.1) is 0 Å². The van der Waals surface area contributed by atoms with E-state index in [1.165, 1.54) is 17.0 Å². The Morgan fingerprint density at radius 1 is 1.10 bits per heavy atom. The quantitative estimate of drug-likeness (QED) is 0.148. The molecule has 2 N–H and O–H groups in total. The first-order valence-electron chi connectivity index (χ1n) is 16.6. The van der Waals surface area contributed by atoms with E-state index in [1.54, 1.807) is 0 Å². The molecule has 11 heteroatoms. The van der Waals surface area contributed by atoms with E-state index in [1.807, 2.05) is 26.0 Å². The van der Waals surface area contributed by atoms with E-state index >= 15 is 4.39 Å². The van der Waals surface area contributed by atoms with E-state index in [9.17, 15) is 19.6 Å². The van der Waals surface area contributed by atoms with Crippen molar-refractivity contribution in [3.8, 4) is 17.2 Å². The van der Waals surface area contributed by atoms with Gasteiger partial charge in [0.05, 0.1) is 22.9 Å². The topological polar surface area (TPSA) is 132 Å². The average molecular weight is 661 g/mol. The Hall–Kier alpha value is -5.50. The summed E-state index contributed by atoms with van der Waals surface area (Å²) in [5, 5.41) is 19.4. The number of anilines is 3. The summed E-state index contributed by atoms with van der Waals surface area (Å²) >= 11 is 0. The van der Waals surface area contributed by atoms with Gasteiger partial charge in [-0.1, -0.05) is 29.4 Å². The zero-order chi connectivity index (χ0) is 34.4. The summed E-state index contributed by atoms with van der Waals surface area (Å²) in [7, 11) is 0. The number of fused-ring (bicyclic) bond motifs is 1. The van der Waals surface area contributed by atoms with E-state index in [2.05, 4.69) is 64.0 Å². The van der Waals surface area contributed by atoms with Crippen LogP contribution in [0.5, 0.6) is 0 Å². The van der Waals surface area contributed by atoms with Crippen molar-refractivity contribution in [2.24, 2.45) is 0 Å². The summed E-state index contributed by atoms with van der Waals surface area (Å²) in [4.78, 5) is 41.0. The van der Waals surface area contributed by atoms with Crippen LogP contribution in [-0.2, 0) is 21.5 Å². The fourth-order valence-electron chi connectivity index (χ4n) is 7.07. The van der Waals surface area contributed by atoms with E-state index in [-0.39, 0.29) is 42.3 Å². The van der Waals surface area contributed by atoms with Gasteiger partial charge in [-0.05, 0) is 99.0 Å². The number of hydrogen-bond acceptors (Lipinski definition) is 8. The number of imide groups is 1. The molecule has 0 radical (unpaired) electrons. The lowest BCUT2D eigenvalue weighted by molar-refractivity contribution is -0.136. The molecule has 1 saturated heterocycles. The van der Waals surface area contributed by atoms with Gasteiger partial charge in [0.2, 0.25) is 11.8 Å². The number of piperidine rings is 1. The SMILES string of the molecule is Cc1ccc(-c2c(C)noc2C)cc1N(CCCNc1cc2c(cc1F)CN(C1CCC(=O)NC1=O)C2=O)c1ccc(C2(C#N)CC2)cc1. The van der Waals surface area contributed by atoms with Crippen molar-refractivity contribution < 1.29 is 23.3 Å². The molecule has 3 heterocycles. The Morgan fingerprint density at radius 2 is 1.88 bits per heavy atom. The molecule has 49 heavy (non-hydrogen) atoms. The van der Waals surface area contributed by atoms with Crippen molar-refractivity contribution in [2.75, 3.05) is 23.3 Å². The van der Waals surface area contributed by atoms with Crippen LogP contribution < -0.4 is 15.5 Å². The fraction of sp³-hybridized carbons (Fsp3) is 0.342.